The number of anilines is 1. The molecule has 0 bridgehead atoms. The highest BCUT2D eigenvalue weighted by Crippen LogP contribution is 2.24. The predicted molar refractivity (Wildman–Crippen MR) is 53.5 cm³/mol. The van der Waals surface area contributed by atoms with E-state index in [9.17, 15) is 4.79 Å². The summed E-state index contributed by atoms with van der Waals surface area (Å²) in [5.41, 5.74) is 0.446. The van der Waals surface area contributed by atoms with E-state index in [1.165, 1.54) is 0 Å². The minimum absolute atomic E-state index is 0.446. The second kappa shape index (κ2) is 3.74. The molecule has 0 saturated carbocycles. The van der Waals surface area contributed by atoms with Gasteiger partial charge in [0, 0.05) is 25.0 Å². The number of aldehydes is 1. The zero-order chi connectivity index (χ0) is 9.97. The van der Waals surface area contributed by atoms with Crippen LogP contribution in [0.4, 0.5) is 5.82 Å². The lowest BCUT2D eigenvalue weighted by Gasteiger charge is -2.22. The van der Waals surface area contributed by atoms with Gasteiger partial charge in [-0.3, -0.25) is 4.79 Å². The number of aromatic nitrogens is 2. The molecule has 74 valence electrons. The van der Waals surface area contributed by atoms with E-state index in [0.717, 1.165) is 31.5 Å². The predicted octanol–water partition coefficient (Wildman–Crippen LogP) is 1.28. The highest BCUT2D eigenvalue weighted by molar-refractivity contribution is 5.79. The standard InChI is InChI=1S/C10H13N3O/c1-8-3-2-6-13(8)10-9(7-14)11-4-5-12-10/h4-5,7-8H,2-3,6H2,1H3. The molecule has 4 heteroatoms. The Bertz CT molecular complexity index is 340. The molecule has 0 radical (unpaired) electrons. The molecule has 4 nitrogen and oxygen atoms in total. The number of rotatable bonds is 2. The van der Waals surface area contributed by atoms with Crippen LogP contribution in [0.5, 0.6) is 0 Å². The zero-order valence-corrected chi connectivity index (χ0v) is 8.18. The number of carbonyl (C=O) groups excluding carboxylic acids is 1. The van der Waals surface area contributed by atoms with E-state index < -0.39 is 0 Å². The van der Waals surface area contributed by atoms with Crippen LogP contribution in [0.25, 0.3) is 0 Å². The van der Waals surface area contributed by atoms with E-state index in [0.29, 0.717) is 11.7 Å². The summed E-state index contributed by atoms with van der Waals surface area (Å²) in [6.45, 7) is 3.12. The fraction of sp³-hybridized carbons (Fsp3) is 0.500. The average molecular weight is 191 g/mol. The normalized spacial score (nSPS) is 21.2. The first-order valence-electron chi connectivity index (χ1n) is 4.85. The molecule has 2 heterocycles. The third-order valence-electron chi connectivity index (χ3n) is 2.64. The van der Waals surface area contributed by atoms with Crippen molar-refractivity contribution >= 4 is 12.1 Å². The van der Waals surface area contributed by atoms with Gasteiger partial charge < -0.3 is 4.90 Å². The van der Waals surface area contributed by atoms with E-state index in [1.54, 1.807) is 12.4 Å². The maximum Gasteiger partial charge on any atom is 0.172 e. The van der Waals surface area contributed by atoms with Crippen LogP contribution in [0.1, 0.15) is 30.3 Å². The van der Waals surface area contributed by atoms with Gasteiger partial charge in [0.2, 0.25) is 0 Å². The molecule has 1 aromatic heterocycles. The van der Waals surface area contributed by atoms with Gasteiger partial charge in [-0.2, -0.15) is 0 Å². The lowest BCUT2D eigenvalue weighted by molar-refractivity contribution is 0.111. The molecule has 1 saturated heterocycles. The van der Waals surface area contributed by atoms with Gasteiger partial charge in [0.25, 0.3) is 0 Å². The molecule has 0 N–H and O–H groups in total. The fourth-order valence-electron chi connectivity index (χ4n) is 1.89. The van der Waals surface area contributed by atoms with Gasteiger partial charge in [0.15, 0.2) is 12.1 Å². The minimum atomic E-state index is 0.446. The van der Waals surface area contributed by atoms with Gasteiger partial charge >= 0.3 is 0 Å². The smallest absolute Gasteiger partial charge is 0.172 e. The summed E-state index contributed by atoms with van der Waals surface area (Å²) in [7, 11) is 0. The van der Waals surface area contributed by atoms with Gasteiger partial charge in [-0.15, -0.1) is 0 Å². The molecule has 1 fully saturated rings. The largest absolute Gasteiger partial charge is 0.352 e. The summed E-state index contributed by atoms with van der Waals surface area (Å²) >= 11 is 0. The lowest BCUT2D eigenvalue weighted by Crippen LogP contribution is -2.28. The molecule has 0 spiro atoms. The van der Waals surface area contributed by atoms with E-state index >= 15 is 0 Å². The molecule has 2 rings (SSSR count). The summed E-state index contributed by atoms with van der Waals surface area (Å²) in [5, 5.41) is 0. The van der Waals surface area contributed by atoms with Gasteiger partial charge in [0.1, 0.15) is 5.69 Å². The van der Waals surface area contributed by atoms with Crippen molar-refractivity contribution in [3.05, 3.63) is 18.1 Å². The summed E-state index contributed by atoms with van der Waals surface area (Å²) in [6, 6.07) is 0.463. The third-order valence-corrected chi connectivity index (χ3v) is 2.64. The van der Waals surface area contributed by atoms with Gasteiger partial charge in [-0.1, -0.05) is 0 Å². The molecule has 1 aromatic rings. The molecule has 1 atom stereocenters. The van der Waals surface area contributed by atoms with Crippen molar-refractivity contribution in [2.24, 2.45) is 0 Å². The maximum atomic E-state index is 10.8. The quantitative estimate of drug-likeness (QED) is 0.660. The summed E-state index contributed by atoms with van der Waals surface area (Å²) in [4.78, 5) is 21.1. The number of carbonyl (C=O) groups is 1. The van der Waals surface area contributed by atoms with Crippen molar-refractivity contribution in [2.75, 3.05) is 11.4 Å². The Hall–Kier alpha value is -1.45. The van der Waals surface area contributed by atoms with Crippen molar-refractivity contribution in [3.8, 4) is 0 Å². The molecule has 14 heavy (non-hydrogen) atoms. The van der Waals surface area contributed by atoms with Crippen LogP contribution in [0.15, 0.2) is 12.4 Å². The van der Waals surface area contributed by atoms with Crippen molar-refractivity contribution in [1.82, 2.24) is 9.97 Å². The first-order chi connectivity index (χ1) is 6.83. The van der Waals surface area contributed by atoms with Crippen molar-refractivity contribution < 1.29 is 4.79 Å². The third kappa shape index (κ3) is 1.47. The van der Waals surface area contributed by atoms with Crippen molar-refractivity contribution in [1.29, 1.82) is 0 Å². The average Bonchev–Trinajstić information content (AvgIpc) is 2.64. The first kappa shape index (κ1) is 9.12. The molecular formula is C10H13N3O. The van der Waals surface area contributed by atoms with E-state index in [4.69, 9.17) is 0 Å². The monoisotopic (exact) mass is 191 g/mol. The fourth-order valence-corrected chi connectivity index (χ4v) is 1.89. The topological polar surface area (TPSA) is 46.1 Å². The molecule has 1 aliphatic heterocycles. The van der Waals surface area contributed by atoms with Crippen LogP contribution < -0.4 is 4.90 Å². The Morgan fingerprint density at radius 3 is 2.93 bits per heavy atom. The second-order valence-electron chi connectivity index (χ2n) is 3.57. The molecule has 1 unspecified atom stereocenters. The maximum absolute atomic E-state index is 10.8. The van der Waals surface area contributed by atoms with E-state index in [1.807, 2.05) is 0 Å². The summed E-state index contributed by atoms with van der Waals surface area (Å²) in [6.07, 6.45) is 6.28. The number of hydrogen-bond donors (Lipinski definition) is 0. The SMILES string of the molecule is CC1CCCN1c1nccnc1C=O. The Kier molecular flexibility index (Phi) is 2.43. The molecule has 0 aromatic carbocycles. The van der Waals surface area contributed by atoms with Crippen LogP contribution in [-0.2, 0) is 0 Å². The Balaban J connectivity index is 2.34. The molecule has 0 amide bonds. The van der Waals surface area contributed by atoms with Crippen LogP contribution in [0.3, 0.4) is 0 Å². The summed E-state index contributed by atoms with van der Waals surface area (Å²) in [5.74, 6) is 0.729. The van der Waals surface area contributed by atoms with Crippen LogP contribution >= 0.6 is 0 Å². The number of hydrogen-bond acceptors (Lipinski definition) is 4. The molecule has 1 aliphatic rings. The minimum Gasteiger partial charge on any atom is -0.352 e. The second-order valence-corrected chi connectivity index (χ2v) is 3.57. The molecule has 0 aliphatic carbocycles. The first-order valence-corrected chi connectivity index (χ1v) is 4.85. The van der Waals surface area contributed by atoms with Gasteiger partial charge in [-0.25, -0.2) is 9.97 Å². The van der Waals surface area contributed by atoms with Crippen LogP contribution in [-0.4, -0.2) is 28.8 Å². The van der Waals surface area contributed by atoms with Gasteiger partial charge in [0.05, 0.1) is 0 Å². The molecular weight excluding hydrogens is 178 g/mol. The highest BCUT2D eigenvalue weighted by Gasteiger charge is 2.23. The summed E-state index contributed by atoms with van der Waals surface area (Å²) < 4.78 is 0. The van der Waals surface area contributed by atoms with E-state index in [2.05, 4.69) is 21.8 Å². The Labute approximate surface area is 83.0 Å². The highest BCUT2D eigenvalue weighted by atomic mass is 16.1. The van der Waals surface area contributed by atoms with E-state index in [-0.39, 0.29) is 0 Å². The van der Waals surface area contributed by atoms with Gasteiger partial charge in [-0.05, 0) is 19.8 Å². The van der Waals surface area contributed by atoms with Crippen molar-refractivity contribution in [3.63, 3.8) is 0 Å². The zero-order valence-electron chi connectivity index (χ0n) is 8.18. The van der Waals surface area contributed by atoms with Crippen molar-refractivity contribution in [2.45, 2.75) is 25.8 Å². The Morgan fingerprint density at radius 2 is 2.29 bits per heavy atom. The van der Waals surface area contributed by atoms with Crippen LogP contribution in [0, 0.1) is 0 Å². The number of nitrogens with zero attached hydrogens (tertiary/aromatic N) is 3. The lowest BCUT2D eigenvalue weighted by atomic mass is 10.2. The van der Waals surface area contributed by atoms with Crippen LogP contribution in [0.2, 0.25) is 0 Å². The Morgan fingerprint density at radius 1 is 1.50 bits per heavy atom.